The maximum Gasteiger partial charge on any atom is 0.0540 e. The minimum atomic E-state index is 1.10. The van der Waals surface area contributed by atoms with Gasteiger partial charge in [0.2, 0.25) is 0 Å². The molecule has 12 aromatic rings. The van der Waals surface area contributed by atoms with Crippen LogP contribution in [0.5, 0.6) is 0 Å². The van der Waals surface area contributed by atoms with Gasteiger partial charge in [-0.15, -0.1) is 0 Å². The highest BCUT2D eigenvalue weighted by atomic mass is 15.1. The summed E-state index contributed by atoms with van der Waals surface area (Å²) in [5.74, 6) is 0. The van der Waals surface area contributed by atoms with E-state index in [1.807, 2.05) is 0 Å². The Labute approximate surface area is 343 Å². The average molecular weight is 748 g/mol. The van der Waals surface area contributed by atoms with Gasteiger partial charge >= 0.3 is 0 Å². The Morgan fingerprint density at radius 3 is 1.32 bits per heavy atom. The third kappa shape index (κ3) is 5.55. The van der Waals surface area contributed by atoms with Gasteiger partial charge in [0, 0.05) is 16.8 Å². The summed E-state index contributed by atoms with van der Waals surface area (Å²) < 4.78 is 0. The highest BCUT2D eigenvalue weighted by Crippen LogP contribution is 2.46. The molecule has 0 aromatic heterocycles. The van der Waals surface area contributed by atoms with Crippen LogP contribution in [-0.2, 0) is 0 Å². The molecule has 0 fully saturated rings. The largest absolute Gasteiger partial charge is 0.310 e. The van der Waals surface area contributed by atoms with E-state index in [4.69, 9.17) is 0 Å². The third-order valence-electron chi connectivity index (χ3n) is 12.4. The summed E-state index contributed by atoms with van der Waals surface area (Å²) in [5, 5.41) is 15.2. The number of rotatable bonds is 6. The van der Waals surface area contributed by atoms with E-state index in [1.54, 1.807) is 0 Å². The van der Waals surface area contributed by atoms with E-state index in [-0.39, 0.29) is 0 Å². The molecule has 12 aromatic carbocycles. The summed E-state index contributed by atoms with van der Waals surface area (Å²) in [6.45, 7) is 0. The molecule has 0 unspecified atom stereocenters. The molecule has 12 rings (SSSR count). The first kappa shape index (κ1) is 33.4. The van der Waals surface area contributed by atoms with Crippen molar-refractivity contribution in [3.05, 3.63) is 224 Å². The van der Waals surface area contributed by atoms with Crippen molar-refractivity contribution in [2.45, 2.75) is 0 Å². The minimum absolute atomic E-state index is 1.10. The van der Waals surface area contributed by atoms with E-state index in [0.29, 0.717) is 0 Å². The first-order valence-corrected chi connectivity index (χ1v) is 20.4. The standard InChI is InChI=1S/C58H37N/c1-3-11-44-35-46(23-19-38(44)9-1)40-25-29-49(30-26-40)59(50-31-27-41(28-32-50)47-24-20-39-10-2-4-12-45(39)36-47)56-34-33-52(51-16-5-6-17-53(51)56)55-37-48-15-7-13-42-21-22-43-14-8-18-54(55)58(43)57(42)48/h1-37H. The monoisotopic (exact) mass is 747 g/mol. The van der Waals surface area contributed by atoms with Crippen molar-refractivity contribution in [1.29, 1.82) is 0 Å². The van der Waals surface area contributed by atoms with Gasteiger partial charge < -0.3 is 4.90 Å². The smallest absolute Gasteiger partial charge is 0.0540 e. The molecule has 0 N–H and O–H groups in total. The van der Waals surface area contributed by atoms with Gasteiger partial charge in [0.05, 0.1) is 5.69 Å². The number of benzene rings is 12. The second kappa shape index (κ2) is 13.4. The average Bonchev–Trinajstić information content (AvgIpc) is 3.31. The van der Waals surface area contributed by atoms with Crippen LogP contribution >= 0.6 is 0 Å². The van der Waals surface area contributed by atoms with Crippen LogP contribution in [-0.4, -0.2) is 0 Å². The summed E-state index contributed by atoms with van der Waals surface area (Å²) in [6.07, 6.45) is 0. The quantitative estimate of drug-likeness (QED) is 0.153. The molecule has 0 radical (unpaired) electrons. The molecule has 0 aliphatic rings. The summed E-state index contributed by atoms with van der Waals surface area (Å²) in [5.41, 5.74) is 10.7. The Bertz CT molecular complexity index is 3420. The molecule has 0 aliphatic carbocycles. The van der Waals surface area contributed by atoms with Gasteiger partial charge in [0.25, 0.3) is 0 Å². The molecule has 0 saturated carbocycles. The molecule has 1 heteroatoms. The lowest BCUT2D eigenvalue weighted by atomic mass is 9.87. The van der Waals surface area contributed by atoms with E-state index >= 15 is 0 Å². The van der Waals surface area contributed by atoms with Gasteiger partial charge in [-0.05, 0) is 141 Å². The summed E-state index contributed by atoms with van der Waals surface area (Å²) in [7, 11) is 0. The zero-order valence-electron chi connectivity index (χ0n) is 32.3. The Morgan fingerprint density at radius 1 is 0.237 bits per heavy atom. The van der Waals surface area contributed by atoms with E-state index in [0.717, 1.165) is 17.1 Å². The van der Waals surface area contributed by atoms with Crippen molar-refractivity contribution in [2.24, 2.45) is 0 Å². The molecule has 0 amide bonds. The van der Waals surface area contributed by atoms with Crippen molar-refractivity contribution in [2.75, 3.05) is 4.90 Å². The Kier molecular flexibility index (Phi) is 7.61. The van der Waals surface area contributed by atoms with Crippen molar-refractivity contribution in [3.63, 3.8) is 0 Å². The maximum absolute atomic E-state index is 2.42. The van der Waals surface area contributed by atoms with E-state index in [9.17, 15) is 0 Å². The van der Waals surface area contributed by atoms with Gasteiger partial charge in [0.1, 0.15) is 0 Å². The zero-order chi connectivity index (χ0) is 38.9. The molecule has 0 bridgehead atoms. The van der Waals surface area contributed by atoms with E-state index < -0.39 is 0 Å². The number of hydrogen-bond donors (Lipinski definition) is 0. The number of fused-ring (bicyclic) bond motifs is 3. The predicted molar refractivity (Wildman–Crippen MR) is 254 cm³/mol. The van der Waals surface area contributed by atoms with Crippen LogP contribution in [0.3, 0.4) is 0 Å². The highest BCUT2D eigenvalue weighted by Gasteiger charge is 2.20. The molecule has 1 nitrogen and oxygen atoms in total. The van der Waals surface area contributed by atoms with Gasteiger partial charge in [-0.25, -0.2) is 0 Å². The molecule has 59 heavy (non-hydrogen) atoms. The van der Waals surface area contributed by atoms with Crippen LogP contribution in [0.1, 0.15) is 0 Å². The minimum Gasteiger partial charge on any atom is -0.310 e. The lowest BCUT2D eigenvalue weighted by Gasteiger charge is -2.28. The Hall–Kier alpha value is -7.74. The molecule has 0 aliphatic heterocycles. The second-order valence-corrected chi connectivity index (χ2v) is 15.7. The SMILES string of the molecule is c1ccc2cc(-c3ccc(N(c4ccc(-c5ccc6ccccc6c5)cc4)c4ccc(-c5cc6cccc7ccc8cccc5c8c76)c5ccccc45)cc3)ccc2c1. The number of nitrogens with zero attached hydrogens (tertiary/aromatic N) is 1. The zero-order valence-corrected chi connectivity index (χ0v) is 32.3. The van der Waals surface area contributed by atoms with Crippen LogP contribution in [0.15, 0.2) is 224 Å². The molecule has 0 saturated heterocycles. The third-order valence-corrected chi connectivity index (χ3v) is 12.4. The van der Waals surface area contributed by atoms with Crippen molar-refractivity contribution >= 4 is 81.7 Å². The van der Waals surface area contributed by atoms with Crippen molar-refractivity contribution < 1.29 is 0 Å². The van der Waals surface area contributed by atoms with Crippen LogP contribution < -0.4 is 4.90 Å². The summed E-state index contributed by atoms with van der Waals surface area (Å²) in [4.78, 5) is 2.42. The fraction of sp³-hybridized carbons (Fsp3) is 0. The lowest BCUT2D eigenvalue weighted by molar-refractivity contribution is 1.30. The van der Waals surface area contributed by atoms with Gasteiger partial charge in [0.15, 0.2) is 0 Å². The maximum atomic E-state index is 2.42. The van der Waals surface area contributed by atoms with Crippen LogP contribution in [0.2, 0.25) is 0 Å². The topological polar surface area (TPSA) is 3.24 Å². The predicted octanol–water partition coefficient (Wildman–Crippen LogP) is 16.5. The van der Waals surface area contributed by atoms with Crippen LogP contribution in [0.4, 0.5) is 17.1 Å². The van der Waals surface area contributed by atoms with Gasteiger partial charge in [-0.3, -0.25) is 0 Å². The summed E-state index contributed by atoms with van der Waals surface area (Å²) >= 11 is 0. The molecule has 0 heterocycles. The first-order valence-electron chi connectivity index (χ1n) is 20.4. The first-order chi connectivity index (χ1) is 29.2. The second-order valence-electron chi connectivity index (χ2n) is 15.7. The highest BCUT2D eigenvalue weighted by molar-refractivity contribution is 6.27. The van der Waals surface area contributed by atoms with E-state index in [1.165, 1.54) is 98.0 Å². The van der Waals surface area contributed by atoms with Crippen molar-refractivity contribution in [1.82, 2.24) is 0 Å². The molecular formula is C58H37N. The molecular weight excluding hydrogens is 711 g/mol. The Balaban J connectivity index is 1.02. The number of anilines is 3. The molecule has 0 atom stereocenters. The number of hydrogen-bond acceptors (Lipinski definition) is 1. The van der Waals surface area contributed by atoms with Gasteiger partial charge in [-0.1, -0.05) is 176 Å². The van der Waals surface area contributed by atoms with Crippen LogP contribution in [0.25, 0.3) is 98.0 Å². The normalized spacial score (nSPS) is 11.7. The molecule has 274 valence electrons. The van der Waals surface area contributed by atoms with Crippen LogP contribution in [0, 0.1) is 0 Å². The fourth-order valence-electron chi connectivity index (χ4n) is 9.47. The Morgan fingerprint density at radius 2 is 0.695 bits per heavy atom. The van der Waals surface area contributed by atoms with Crippen molar-refractivity contribution in [3.8, 4) is 33.4 Å². The fourth-order valence-corrected chi connectivity index (χ4v) is 9.47. The lowest BCUT2D eigenvalue weighted by Crippen LogP contribution is -2.10. The molecule has 0 spiro atoms. The summed E-state index contributed by atoms with van der Waals surface area (Å²) in [6, 6.07) is 82.7. The van der Waals surface area contributed by atoms with E-state index in [2.05, 4.69) is 229 Å². The van der Waals surface area contributed by atoms with Gasteiger partial charge in [-0.2, -0.15) is 0 Å².